The number of hydrogen-bond acceptors (Lipinski definition) is 2. The van der Waals surface area contributed by atoms with Crippen LogP contribution in [0.5, 0.6) is 0 Å². The lowest BCUT2D eigenvalue weighted by atomic mass is 10.1. The van der Waals surface area contributed by atoms with E-state index in [0.717, 1.165) is 22.2 Å². The molecule has 3 nitrogen and oxygen atoms in total. The highest BCUT2D eigenvalue weighted by Crippen LogP contribution is 2.20. The number of aromatic nitrogens is 2. The van der Waals surface area contributed by atoms with E-state index >= 15 is 0 Å². The normalized spacial score (nSPS) is 10.7. The van der Waals surface area contributed by atoms with Gasteiger partial charge in [-0.1, -0.05) is 18.2 Å². The van der Waals surface area contributed by atoms with Gasteiger partial charge in [0.25, 0.3) is 0 Å². The summed E-state index contributed by atoms with van der Waals surface area (Å²) in [6.45, 7) is 4.87. The van der Waals surface area contributed by atoms with E-state index < -0.39 is 0 Å². The van der Waals surface area contributed by atoms with Gasteiger partial charge in [-0.05, 0) is 48.7 Å². The first-order valence-electron chi connectivity index (χ1n) is 6.59. The molecule has 0 bridgehead atoms. The molecule has 0 radical (unpaired) electrons. The summed E-state index contributed by atoms with van der Waals surface area (Å²) in [5, 5.41) is 9.17. The average Bonchev–Trinajstić information content (AvgIpc) is 2.82. The summed E-state index contributed by atoms with van der Waals surface area (Å²) in [5.41, 5.74) is 6.36. The Morgan fingerprint density at radius 3 is 2.70 bits per heavy atom. The lowest BCUT2D eigenvalue weighted by Crippen LogP contribution is -2.00. The topological polar surface area (TPSA) is 41.6 Å². The summed E-state index contributed by atoms with van der Waals surface area (Å²) in [4.78, 5) is 4.45. The monoisotopic (exact) mass is 261 g/mol. The zero-order valence-electron chi connectivity index (χ0n) is 11.6. The smallest absolute Gasteiger partial charge is 0.0995 e. The molecular weight excluding hydrogens is 246 g/mol. The number of aryl methyl sites for hydroxylation is 2. The van der Waals surface area contributed by atoms with E-state index in [1.807, 2.05) is 30.6 Å². The Morgan fingerprint density at radius 2 is 1.90 bits per heavy atom. The summed E-state index contributed by atoms with van der Waals surface area (Å²) in [6.07, 6.45) is 1.84. The fraction of sp³-hybridized carbons (Fsp3) is 0.176. The summed E-state index contributed by atoms with van der Waals surface area (Å²) in [7, 11) is 0. The van der Waals surface area contributed by atoms with Gasteiger partial charge >= 0.3 is 0 Å². The zero-order valence-corrected chi connectivity index (χ0v) is 11.6. The van der Waals surface area contributed by atoms with Crippen LogP contribution in [0, 0.1) is 25.2 Å². The number of rotatable bonds is 2. The molecule has 3 aromatic rings. The van der Waals surface area contributed by atoms with Crippen LogP contribution in [0.3, 0.4) is 0 Å². The minimum atomic E-state index is 0.669. The molecule has 2 aromatic carbocycles. The van der Waals surface area contributed by atoms with Gasteiger partial charge in [-0.2, -0.15) is 5.26 Å². The SMILES string of the molecule is Cc1cc2ncn(Cc3ccccc3C#N)c2cc1C. The molecule has 0 spiro atoms. The van der Waals surface area contributed by atoms with E-state index in [2.05, 4.69) is 41.6 Å². The maximum Gasteiger partial charge on any atom is 0.0995 e. The summed E-state index contributed by atoms with van der Waals surface area (Å²) in [6, 6.07) is 14.2. The standard InChI is InChI=1S/C17H15N3/c1-12-7-16-17(8-13(12)2)20(11-19-16)10-15-6-4-3-5-14(15)9-18/h3-8,11H,10H2,1-2H3. The molecule has 0 fully saturated rings. The van der Waals surface area contributed by atoms with Crippen molar-refractivity contribution in [3.8, 4) is 6.07 Å². The molecule has 20 heavy (non-hydrogen) atoms. The molecule has 0 saturated heterocycles. The van der Waals surface area contributed by atoms with Gasteiger partial charge < -0.3 is 4.57 Å². The number of nitrogens with zero attached hydrogens (tertiary/aromatic N) is 3. The van der Waals surface area contributed by atoms with Gasteiger partial charge in [0.1, 0.15) is 0 Å². The molecule has 3 rings (SSSR count). The van der Waals surface area contributed by atoms with Gasteiger partial charge in [0.15, 0.2) is 0 Å². The van der Waals surface area contributed by atoms with Crippen molar-refractivity contribution in [2.45, 2.75) is 20.4 Å². The van der Waals surface area contributed by atoms with Crippen LogP contribution >= 0.6 is 0 Å². The van der Waals surface area contributed by atoms with E-state index in [-0.39, 0.29) is 0 Å². The minimum Gasteiger partial charge on any atom is -0.326 e. The van der Waals surface area contributed by atoms with Crippen molar-refractivity contribution >= 4 is 11.0 Å². The molecule has 0 aliphatic heterocycles. The second-order valence-electron chi connectivity index (χ2n) is 5.07. The van der Waals surface area contributed by atoms with Gasteiger partial charge in [-0.25, -0.2) is 4.98 Å². The van der Waals surface area contributed by atoms with Gasteiger partial charge in [-0.15, -0.1) is 0 Å². The molecule has 1 heterocycles. The molecule has 1 aromatic heterocycles. The third-order valence-corrected chi connectivity index (χ3v) is 3.72. The van der Waals surface area contributed by atoms with Crippen LogP contribution in [0.25, 0.3) is 11.0 Å². The fourth-order valence-corrected chi connectivity index (χ4v) is 2.39. The highest BCUT2D eigenvalue weighted by atomic mass is 15.0. The number of hydrogen-bond donors (Lipinski definition) is 0. The second-order valence-corrected chi connectivity index (χ2v) is 5.07. The van der Waals surface area contributed by atoms with E-state index in [1.165, 1.54) is 11.1 Å². The maximum absolute atomic E-state index is 9.17. The Kier molecular flexibility index (Phi) is 3.00. The van der Waals surface area contributed by atoms with Crippen LogP contribution in [-0.2, 0) is 6.54 Å². The molecule has 3 heteroatoms. The maximum atomic E-state index is 9.17. The molecule has 0 N–H and O–H groups in total. The molecule has 0 aliphatic rings. The molecule has 0 amide bonds. The van der Waals surface area contributed by atoms with Gasteiger partial charge in [-0.3, -0.25) is 0 Å². The van der Waals surface area contributed by atoms with Crippen LogP contribution in [0.2, 0.25) is 0 Å². The van der Waals surface area contributed by atoms with E-state index in [4.69, 9.17) is 5.26 Å². The van der Waals surface area contributed by atoms with Crippen LogP contribution in [0.15, 0.2) is 42.7 Å². The predicted molar refractivity (Wildman–Crippen MR) is 79.5 cm³/mol. The number of fused-ring (bicyclic) bond motifs is 1. The van der Waals surface area contributed by atoms with Crippen molar-refractivity contribution in [2.24, 2.45) is 0 Å². The Balaban J connectivity index is 2.08. The van der Waals surface area contributed by atoms with Crippen LogP contribution in [-0.4, -0.2) is 9.55 Å². The predicted octanol–water partition coefficient (Wildman–Crippen LogP) is 3.57. The Morgan fingerprint density at radius 1 is 1.15 bits per heavy atom. The fourth-order valence-electron chi connectivity index (χ4n) is 2.39. The van der Waals surface area contributed by atoms with E-state index in [0.29, 0.717) is 6.54 Å². The van der Waals surface area contributed by atoms with Gasteiger partial charge in [0.05, 0.1) is 35.5 Å². The quantitative estimate of drug-likeness (QED) is 0.707. The highest BCUT2D eigenvalue weighted by molar-refractivity contribution is 5.77. The highest BCUT2D eigenvalue weighted by Gasteiger charge is 2.07. The summed E-state index contributed by atoms with van der Waals surface area (Å²) < 4.78 is 2.10. The lowest BCUT2D eigenvalue weighted by molar-refractivity contribution is 0.822. The van der Waals surface area contributed by atoms with Crippen molar-refractivity contribution in [1.82, 2.24) is 9.55 Å². The Bertz CT molecular complexity index is 822. The third-order valence-electron chi connectivity index (χ3n) is 3.72. The number of imidazole rings is 1. The average molecular weight is 261 g/mol. The molecule has 0 aliphatic carbocycles. The van der Waals surface area contributed by atoms with Crippen molar-refractivity contribution in [3.63, 3.8) is 0 Å². The van der Waals surface area contributed by atoms with Crippen LogP contribution in [0.1, 0.15) is 22.3 Å². The van der Waals surface area contributed by atoms with E-state index in [9.17, 15) is 0 Å². The second kappa shape index (κ2) is 4.82. The first-order chi connectivity index (χ1) is 9.69. The lowest BCUT2D eigenvalue weighted by Gasteiger charge is -2.07. The number of nitriles is 1. The van der Waals surface area contributed by atoms with Crippen molar-refractivity contribution in [3.05, 3.63) is 65.0 Å². The van der Waals surface area contributed by atoms with Crippen molar-refractivity contribution in [2.75, 3.05) is 0 Å². The Labute approximate surface area is 118 Å². The summed E-state index contributed by atoms with van der Waals surface area (Å²) >= 11 is 0. The zero-order chi connectivity index (χ0) is 14.1. The largest absolute Gasteiger partial charge is 0.326 e. The minimum absolute atomic E-state index is 0.669. The first-order valence-corrected chi connectivity index (χ1v) is 6.59. The summed E-state index contributed by atoms with van der Waals surface area (Å²) in [5.74, 6) is 0. The first kappa shape index (κ1) is 12.4. The molecular formula is C17H15N3. The van der Waals surface area contributed by atoms with Crippen molar-refractivity contribution in [1.29, 1.82) is 5.26 Å². The third kappa shape index (κ3) is 2.06. The van der Waals surface area contributed by atoms with Crippen molar-refractivity contribution < 1.29 is 0 Å². The van der Waals surface area contributed by atoms with Crippen LogP contribution < -0.4 is 0 Å². The van der Waals surface area contributed by atoms with Crippen LogP contribution in [0.4, 0.5) is 0 Å². The van der Waals surface area contributed by atoms with Gasteiger partial charge in [0.2, 0.25) is 0 Å². The molecule has 98 valence electrons. The molecule has 0 unspecified atom stereocenters. The number of benzene rings is 2. The molecule has 0 atom stereocenters. The molecule has 0 saturated carbocycles. The Hall–Kier alpha value is -2.60. The van der Waals surface area contributed by atoms with Gasteiger partial charge in [0, 0.05) is 0 Å². The van der Waals surface area contributed by atoms with E-state index in [1.54, 1.807) is 0 Å².